The fourth-order valence-corrected chi connectivity index (χ4v) is 13.7. The van der Waals surface area contributed by atoms with E-state index in [-0.39, 0.29) is 17.5 Å². The van der Waals surface area contributed by atoms with Gasteiger partial charge in [-0.1, -0.05) is 224 Å². The van der Waals surface area contributed by atoms with Gasteiger partial charge in [-0.05, 0) is 157 Å². The maximum absolute atomic E-state index is 2.59. The molecule has 14 rings (SSSR count). The highest BCUT2D eigenvalue weighted by molar-refractivity contribution is 7.33. The zero-order chi connectivity index (χ0) is 55.0. The van der Waals surface area contributed by atoms with Crippen molar-refractivity contribution >= 4 is 95.0 Å². The van der Waals surface area contributed by atoms with Gasteiger partial charge in [-0.2, -0.15) is 0 Å². The predicted octanol–water partition coefficient (Wildman–Crippen LogP) is 19.7. The molecule has 0 radical (unpaired) electrons. The number of fused-ring (bicyclic) bond motifs is 6. The van der Waals surface area contributed by atoms with Gasteiger partial charge >= 0.3 is 0 Å². The smallest absolute Gasteiger partial charge is 0.264 e. The van der Waals surface area contributed by atoms with Crippen molar-refractivity contribution < 1.29 is 0 Å². The number of nitrogens with zero attached hydrogens (tertiary/aromatic N) is 3. The Morgan fingerprint density at radius 1 is 0.358 bits per heavy atom. The van der Waals surface area contributed by atoms with Crippen molar-refractivity contribution in [3.63, 3.8) is 0 Å². The molecule has 0 unspecified atom stereocenters. The highest BCUT2D eigenvalue weighted by Gasteiger charge is 2.46. The topological polar surface area (TPSA) is 9.72 Å². The molecule has 81 heavy (non-hydrogen) atoms. The van der Waals surface area contributed by atoms with Gasteiger partial charge in [0.15, 0.2) is 0 Å². The Hall–Kier alpha value is -9.16. The second-order valence-electron chi connectivity index (χ2n) is 23.8. The van der Waals surface area contributed by atoms with Crippen LogP contribution in [0.25, 0.3) is 54.6 Å². The molecule has 2 aliphatic heterocycles. The average molecular weight is 1060 g/mol. The summed E-state index contributed by atoms with van der Waals surface area (Å²) in [5.74, 6) is 0. The van der Waals surface area contributed by atoms with Crippen LogP contribution in [0.15, 0.2) is 267 Å². The Morgan fingerprint density at radius 3 is 1.38 bits per heavy atom. The van der Waals surface area contributed by atoms with Crippen LogP contribution in [0.3, 0.4) is 0 Å². The van der Waals surface area contributed by atoms with Crippen LogP contribution in [-0.4, -0.2) is 6.71 Å². The molecule has 0 saturated heterocycles. The van der Waals surface area contributed by atoms with E-state index in [1.54, 1.807) is 0 Å². The lowest BCUT2D eigenvalue weighted by atomic mass is 9.36. The second-order valence-corrected chi connectivity index (χ2v) is 24.8. The molecule has 0 aliphatic carbocycles. The maximum Gasteiger partial charge on any atom is 0.264 e. The highest BCUT2D eigenvalue weighted by Crippen LogP contribution is 2.51. The summed E-state index contributed by atoms with van der Waals surface area (Å²) in [5, 5.41) is 1.26. The lowest BCUT2D eigenvalue weighted by Gasteiger charge is -2.44. The minimum atomic E-state index is -0.0710. The maximum atomic E-state index is 2.59. The molecule has 0 saturated carbocycles. The van der Waals surface area contributed by atoms with Gasteiger partial charge < -0.3 is 14.7 Å². The first-order chi connectivity index (χ1) is 39.4. The van der Waals surface area contributed by atoms with Gasteiger partial charge in [0.2, 0.25) is 0 Å². The van der Waals surface area contributed by atoms with E-state index in [0.29, 0.717) is 0 Å². The van der Waals surface area contributed by atoms with Crippen LogP contribution in [0.4, 0.5) is 51.2 Å². The van der Waals surface area contributed by atoms with Gasteiger partial charge in [-0.25, -0.2) is 0 Å². The van der Waals surface area contributed by atoms with Crippen molar-refractivity contribution in [1.82, 2.24) is 0 Å². The molecule has 0 spiro atoms. The van der Waals surface area contributed by atoms with E-state index in [0.717, 1.165) is 45.3 Å². The van der Waals surface area contributed by atoms with Gasteiger partial charge in [-0.15, -0.1) is 11.3 Å². The first-order valence-corrected chi connectivity index (χ1v) is 29.2. The standard InChI is InChI=1S/C76H62BN3S/c1-75(2,3)58-34-40-60(41-35-58)78(61-42-36-59(37-43-61)76(4,5)6)63-44-45-66-70(50-63)80(67-46-32-56(52-22-13-8-14-23-52)48-64(67)55-26-17-10-18-27-55)69-29-19-28-68-72(69)77(66)74-73(65-49-57(33-47-71(65)81-74)53-24-15-9-16-25-53)79(68)62-38-30-54(31-39-62)51-20-11-7-12-21-51/h7-50H,1-6H3. The largest absolute Gasteiger partial charge is 0.311 e. The van der Waals surface area contributed by atoms with Crippen LogP contribution in [0.2, 0.25) is 0 Å². The highest BCUT2D eigenvalue weighted by atomic mass is 32.1. The average Bonchev–Trinajstić information content (AvgIpc) is 4.13. The van der Waals surface area contributed by atoms with Crippen molar-refractivity contribution in [3.05, 3.63) is 278 Å². The van der Waals surface area contributed by atoms with E-state index in [1.807, 2.05) is 11.3 Å². The molecule has 3 nitrogen and oxygen atoms in total. The first kappa shape index (κ1) is 50.1. The van der Waals surface area contributed by atoms with Gasteiger partial charge in [0, 0.05) is 60.2 Å². The van der Waals surface area contributed by atoms with E-state index in [4.69, 9.17) is 0 Å². The minimum Gasteiger partial charge on any atom is -0.311 e. The Kier molecular flexibility index (Phi) is 12.3. The molecule has 2 aliphatic rings. The molecule has 0 fully saturated rings. The van der Waals surface area contributed by atoms with E-state index in [9.17, 15) is 0 Å². The van der Waals surface area contributed by atoms with E-state index in [2.05, 4.69) is 323 Å². The third kappa shape index (κ3) is 8.94. The van der Waals surface area contributed by atoms with Gasteiger partial charge in [-0.3, -0.25) is 0 Å². The van der Waals surface area contributed by atoms with E-state index in [1.165, 1.54) is 87.4 Å². The SMILES string of the molecule is CC(C)(C)c1ccc(N(c2ccc(C(C)(C)C)cc2)c2ccc3c(c2)N(c2ccc(-c4ccccc4)cc2-c2ccccc2)c2cccc4c2B3c2sc3ccc(-c5ccccc5)cc3c2N4c2ccc(-c3ccccc3)cc2)cc1. The molecular formula is C76H62BN3S. The summed E-state index contributed by atoms with van der Waals surface area (Å²) in [4.78, 5) is 7.63. The number of rotatable bonds is 9. The Labute approximate surface area is 481 Å². The predicted molar refractivity (Wildman–Crippen MR) is 350 cm³/mol. The van der Waals surface area contributed by atoms with Crippen LogP contribution in [0.5, 0.6) is 0 Å². The van der Waals surface area contributed by atoms with Gasteiger partial charge in [0.25, 0.3) is 6.71 Å². The summed E-state index contributed by atoms with van der Waals surface area (Å²) in [6, 6.07) is 99.5. The van der Waals surface area contributed by atoms with Crippen molar-refractivity contribution in [2.24, 2.45) is 0 Å². The van der Waals surface area contributed by atoms with Crippen LogP contribution in [0, 0.1) is 0 Å². The summed E-state index contributed by atoms with van der Waals surface area (Å²) in [5.41, 5.74) is 25.0. The molecule has 5 heteroatoms. The second kappa shape index (κ2) is 19.9. The Bertz CT molecular complexity index is 4220. The number of anilines is 9. The van der Waals surface area contributed by atoms with Gasteiger partial charge in [0.1, 0.15) is 0 Å². The zero-order valence-electron chi connectivity index (χ0n) is 46.7. The molecule has 0 atom stereocenters. The molecule has 0 N–H and O–H groups in total. The number of hydrogen-bond donors (Lipinski definition) is 0. The quantitative estimate of drug-likeness (QED) is 0.133. The fourth-order valence-electron chi connectivity index (χ4n) is 12.4. The summed E-state index contributed by atoms with van der Waals surface area (Å²) >= 11 is 1.94. The van der Waals surface area contributed by atoms with Crippen molar-refractivity contribution in [3.8, 4) is 44.5 Å². The van der Waals surface area contributed by atoms with E-state index >= 15 is 0 Å². The third-order valence-electron chi connectivity index (χ3n) is 16.6. The summed E-state index contributed by atoms with van der Waals surface area (Å²) in [7, 11) is 0. The molecule has 12 aromatic rings. The van der Waals surface area contributed by atoms with Crippen LogP contribution in [0.1, 0.15) is 52.7 Å². The van der Waals surface area contributed by atoms with E-state index < -0.39 is 0 Å². The minimum absolute atomic E-state index is 0.0125. The summed E-state index contributed by atoms with van der Waals surface area (Å²) in [6.45, 7) is 13.7. The van der Waals surface area contributed by atoms with Gasteiger partial charge in [0.05, 0.1) is 11.4 Å². The molecular weight excluding hydrogens is 998 g/mol. The van der Waals surface area contributed by atoms with Crippen LogP contribution in [-0.2, 0) is 10.8 Å². The van der Waals surface area contributed by atoms with Crippen molar-refractivity contribution in [1.29, 1.82) is 0 Å². The monoisotopic (exact) mass is 1060 g/mol. The third-order valence-corrected chi connectivity index (χ3v) is 17.8. The number of benzene rings is 11. The molecule has 390 valence electrons. The van der Waals surface area contributed by atoms with Crippen LogP contribution >= 0.6 is 11.3 Å². The van der Waals surface area contributed by atoms with Crippen LogP contribution < -0.4 is 30.4 Å². The molecule has 1 aromatic heterocycles. The molecule has 11 aromatic carbocycles. The molecule has 3 heterocycles. The Balaban J connectivity index is 1.05. The first-order valence-electron chi connectivity index (χ1n) is 28.4. The zero-order valence-corrected chi connectivity index (χ0v) is 47.5. The lowest BCUT2D eigenvalue weighted by Crippen LogP contribution is -2.60. The molecule has 0 bridgehead atoms. The van der Waals surface area contributed by atoms with Crippen molar-refractivity contribution in [2.75, 3.05) is 14.7 Å². The molecule has 0 amide bonds. The summed E-state index contributed by atoms with van der Waals surface area (Å²) < 4.78 is 2.61. The summed E-state index contributed by atoms with van der Waals surface area (Å²) in [6.07, 6.45) is 0. The normalized spacial score (nSPS) is 12.7. The fraction of sp³-hybridized carbons (Fsp3) is 0.105. The number of hydrogen-bond acceptors (Lipinski definition) is 4. The lowest BCUT2D eigenvalue weighted by molar-refractivity contribution is 0.590. The Morgan fingerprint density at radius 2 is 0.827 bits per heavy atom. The number of thiophene rings is 1. The van der Waals surface area contributed by atoms with Crippen molar-refractivity contribution in [2.45, 2.75) is 52.4 Å².